The van der Waals surface area contributed by atoms with Gasteiger partial charge in [-0.25, -0.2) is 0 Å². The minimum Gasteiger partial charge on any atom is -0.476 e. The molecule has 2 aromatic heterocycles. The Bertz CT molecular complexity index is 1920. The van der Waals surface area contributed by atoms with Crippen molar-refractivity contribution >= 4 is 0 Å². The van der Waals surface area contributed by atoms with Crippen LogP contribution in [0.3, 0.4) is 0 Å². The van der Waals surface area contributed by atoms with Gasteiger partial charge in [0.1, 0.15) is 5.75 Å². The first-order valence-electron chi connectivity index (χ1n) is 15.0. The summed E-state index contributed by atoms with van der Waals surface area (Å²) in [4.78, 5) is 8.96. The summed E-state index contributed by atoms with van der Waals surface area (Å²) in [5, 5.41) is 0. The SMILES string of the molecule is Cc1c[c-]c(-c2cc(CC(C)(C)C)ccn2)cc1.Cc1cccnc1-c1[c-]cc2c(c1)Oc1ccccc1-c1ccccc1-2.[Ir]. The largest absolute Gasteiger partial charge is 0.476 e. The quantitative estimate of drug-likeness (QED) is 0.168. The molecule has 0 fully saturated rings. The van der Waals surface area contributed by atoms with Crippen molar-refractivity contribution in [2.75, 3.05) is 0 Å². The van der Waals surface area contributed by atoms with E-state index in [2.05, 4.69) is 117 Å². The van der Waals surface area contributed by atoms with Gasteiger partial charge in [-0.1, -0.05) is 105 Å². The smallest absolute Gasteiger partial charge is 0.132 e. The van der Waals surface area contributed by atoms with E-state index in [1.165, 1.54) is 16.7 Å². The molecule has 0 aliphatic carbocycles. The second kappa shape index (κ2) is 13.7. The van der Waals surface area contributed by atoms with Crippen LogP contribution in [0.5, 0.6) is 11.5 Å². The second-order valence-electron chi connectivity index (χ2n) is 12.5. The molecule has 227 valence electrons. The molecule has 0 amide bonds. The van der Waals surface area contributed by atoms with Crippen molar-refractivity contribution in [3.05, 3.63) is 144 Å². The van der Waals surface area contributed by atoms with E-state index in [0.717, 1.165) is 62.7 Å². The van der Waals surface area contributed by atoms with E-state index in [1.807, 2.05) is 54.9 Å². The van der Waals surface area contributed by atoms with E-state index in [-0.39, 0.29) is 20.1 Å². The first-order chi connectivity index (χ1) is 21.2. The Hall–Kier alpha value is -4.37. The first kappa shape index (κ1) is 32.0. The van der Waals surface area contributed by atoms with Gasteiger partial charge >= 0.3 is 0 Å². The van der Waals surface area contributed by atoms with E-state index in [9.17, 15) is 0 Å². The van der Waals surface area contributed by atoms with Crippen molar-refractivity contribution < 1.29 is 24.8 Å². The fraction of sp³-hybridized carbons (Fsp3) is 0.171. The molecule has 1 aliphatic rings. The van der Waals surface area contributed by atoms with Gasteiger partial charge in [-0.15, -0.1) is 53.1 Å². The van der Waals surface area contributed by atoms with Crippen molar-refractivity contribution in [2.45, 2.75) is 41.0 Å². The number of hydrogen-bond donors (Lipinski definition) is 0. The van der Waals surface area contributed by atoms with Crippen LogP contribution in [0.15, 0.2) is 116 Å². The average molecular weight is 765 g/mol. The van der Waals surface area contributed by atoms with Gasteiger partial charge in [-0.2, -0.15) is 0 Å². The molecule has 0 bridgehead atoms. The van der Waals surface area contributed by atoms with E-state index in [0.29, 0.717) is 5.41 Å². The van der Waals surface area contributed by atoms with Crippen LogP contribution in [0.25, 0.3) is 44.8 Å². The maximum absolute atomic E-state index is 6.34. The molecular weight excluding hydrogens is 729 g/mol. The Balaban J connectivity index is 0.000000186. The fourth-order valence-corrected chi connectivity index (χ4v) is 5.53. The average Bonchev–Trinajstić information content (AvgIpc) is 3.15. The minimum atomic E-state index is 0. The summed E-state index contributed by atoms with van der Waals surface area (Å²) in [5.41, 5.74) is 12.4. The molecule has 45 heavy (non-hydrogen) atoms. The molecule has 0 saturated heterocycles. The molecule has 4 aromatic carbocycles. The molecule has 3 nitrogen and oxygen atoms in total. The molecule has 0 unspecified atom stereocenters. The zero-order chi connectivity index (χ0) is 30.7. The van der Waals surface area contributed by atoms with Crippen LogP contribution < -0.4 is 4.74 Å². The Morgan fingerprint density at radius 1 is 0.644 bits per heavy atom. The molecule has 0 spiro atoms. The van der Waals surface area contributed by atoms with Gasteiger partial charge in [-0.3, -0.25) is 0 Å². The molecule has 3 heterocycles. The van der Waals surface area contributed by atoms with Crippen molar-refractivity contribution in [2.24, 2.45) is 5.41 Å². The van der Waals surface area contributed by atoms with Crippen molar-refractivity contribution in [1.29, 1.82) is 0 Å². The Morgan fingerprint density at radius 2 is 1.36 bits per heavy atom. The summed E-state index contributed by atoms with van der Waals surface area (Å²) in [6, 6.07) is 41.8. The van der Waals surface area contributed by atoms with Crippen LogP contribution in [-0.2, 0) is 26.5 Å². The minimum absolute atomic E-state index is 0. The molecule has 1 radical (unpaired) electrons. The number of fused-ring (bicyclic) bond motifs is 5. The van der Waals surface area contributed by atoms with Crippen molar-refractivity contribution in [3.8, 4) is 56.3 Å². The van der Waals surface area contributed by atoms with Gasteiger partial charge in [0.15, 0.2) is 0 Å². The van der Waals surface area contributed by atoms with Gasteiger partial charge in [0, 0.05) is 38.1 Å². The van der Waals surface area contributed by atoms with Crippen LogP contribution in [0.4, 0.5) is 0 Å². The Morgan fingerprint density at radius 3 is 2.07 bits per heavy atom. The number of ether oxygens (including phenoxy) is 1. The molecule has 6 aromatic rings. The topological polar surface area (TPSA) is 35.0 Å². The van der Waals surface area contributed by atoms with Gasteiger partial charge < -0.3 is 14.7 Å². The third-order valence-electron chi connectivity index (χ3n) is 7.59. The van der Waals surface area contributed by atoms with Crippen LogP contribution in [0.2, 0.25) is 0 Å². The molecule has 0 N–H and O–H groups in total. The van der Waals surface area contributed by atoms with E-state index in [1.54, 1.807) is 0 Å². The molecule has 0 saturated carbocycles. The summed E-state index contributed by atoms with van der Waals surface area (Å²) in [7, 11) is 0. The summed E-state index contributed by atoms with van der Waals surface area (Å²) < 4.78 is 6.34. The van der Waals surface area contributed by atoms with Crippen molar-refractivity contribution in [3.63, 3.8) is 0 Å². The number of aromatic nitrogens is 2. The number of para-hydroxylation sites is 1. The summed E-state index contributed by atoms with van der Waals surface area (Å²) in [6.07, 6.45) is 4.77. The van der Waals surface area contributed by atoms with E-state index >= 15 is 0 Å². The number of benzene rings is 4. The Labute approximate surface area is 280 Å². The molecule has 4 heteroatoms. The standard InChI is InChI=1S/C24H16NO.C17H20N.Ir/c1-16-7-6-14-25-24(16)17-12-13-21-19-9-3-2-8-18(19)20-10-4-5-11-22(20)26-23(21)15-17;1-13-5-7-15(8-6-13)16-11-14(9-10-18-16)12-17(2,3)4;/h2-11,13-15H,1H3;5-7,9-11H,12H2,1-4H3;/q2*-1;. The van der Waals surface area contributed by atoms with Crippen LogP contribution in [0.1, 0.15) is 37.5 Å². The maximum atomic E-state index is 6.34. The molecule has 7 rings (SSSR count). The van der Waals surface area contributed by atoms with Crippen LogP contribution >= 0.6 is 0 Å². The molecular formula is C41H36IrN2O-2. The monoisotopic (exact) mass is 765 g/mol. The van der Waals surface area contributed by atoms with E-state index < -0.39 is 0 Å². The number of rotatable bonds is 3. The normalized spacial score (nSPS) is 11.3. The summed E-state index contributed by atoms with van der Waals surface area (Å²) >= 11 is 0. The maximum Gasteiger partial charge on any atom is 0.132 e. The molecule has 0 atom stereocenters. The predicted octanol–water partition coefficient (Wildman–Crippen LogP) is 10.7. The zero-order valence-corrected chi connectivity index (χ0v) is 28.7. The van der Waals surface area contributed by atoms with Gasteiger partial charge in [0.25, 0.3) is 0 Å². The Kier molecular flexibility index (Phi) is 9.77. The van der Waals surface area contributed by atoms with E-state index in [4.69, 9.17) is 4.74 Å². The number of pyridine rings is 2. The van der Waals surface area contributed by atoms with Gasteiger partial charge in [0.05, 0.1) is 5.75 Å². The van der Waals surface area contributed by atoms with Crippen LogP contribution in [0, 0.1) is 31.4 Å². The number of hydrogen-bond acceptors (Lipinski definition) is 3. The second-order valence-corrected chi connectivity index (χ2v) is 12.5. The predicted molar refractivity (Wildman–Crippen MR) is 181 cm³/mol. The number of nitrogens with zero attached hydrogens (tertiary/aromatic N) is 2. The van der Waals surface area contributed by atoms with Crippen LogP contribution in [-0.4, -0.2) is 9.97 Å². The zero-order valence-electron chi connectivity index (χ0n) is 26.3. The fourth-order valence-electron chi connectivity index (χ4n) is 5.53. The third kappa shape index (κ3) is 7.48. The van der Waals surface area contributed by atoms with Gasteiger partial charge in [0.2, 0.25) is 0 Å². The summed E-state index contributed by atoms with van der Waals surface area (Å²) in [6.45, 7) is 10.9. The molecule has 1 aliphatic heterocycles. The summed E-state index contributed by atoms with van der Waals surface area (Å²) in [5.74, 6) is 1.70. The van der Waals surface area contributed by atoms with Crippen molar-refractivity contribution in [1.82, 2.24) is 9.97 Å². The third-order valence-corrected chi connectivity index (χ3v) is 7.59. The first-order valence-corrected chi connectivity index (χ1v) is 15.0. The number of aryl methyl sites for hydroxylation is 2. The van der Waals surface area contributed by atoms with Gasteiger partial charge in [-0.05, 0) is 59.5 Å².